The number of imide groups is 1. The largest absolute Gasteiger partial charge is 0.436 e. The lowest BCUT2D eigenvalue weighted by Crippen LogP contribution is -2.38. The maximum absolute atomic E-state index is 12.9. The van der Waals surface area contributed by atoms with E-state index in [1.165, 1.54) is 4.90 Å². The predicted molar refractivity (Wildman–Crippen MR) is 118 cm³/mol. The quantitative estimate of drug-likeness (QED) is 0.384. The first kappa shape index (κ1) is 19.0. The molecule has 3 aromatic carbocycles. The van der Waals surface area contributed by atoms with Gasteiger partial charge < -0.3 is 15.5 Å². The van der Waals surface area contributed by atoms with Gasteiger partial charge in [-0.05, 0) is 54.1 Å². The fourth-order valence-electron chi connectivity index (χ4n) is 3.76. The van der Waals surface area contributed by atoms with Gasteiger partial charge in [0.2, 0.25) is 11.8 Å². The fraction of sp³-hybridized carbons (Fsp3) is 0.125. The molecule has 31 heavy (non-hydrogen) atoms. The van der Waals surface area contributed by atoms with Crippen LogP contribution in [-0.2, 0) is 16.1 Å². The second kappa shape index (κ2) is 7.70. The Morgan fingerprint density at radius 2 is 1.84 bits per heavy atom. The van der Waals surface area contributed by atoms with Crippen LogP contribution >= 0.6 is 0 Å². The number of oxazole rings is 1. The first-order chi connectivity index (χ1) is 15.1. The Morgan fingerprint density at radius 1 is 1.03 bits per heavy atom. The van der Waals surface area contributed by atoms with Gasteiger partial charge in [0.25, 0.3) is 5.91 Å². The second-order valence-corrected chi connectivity index (χ2v) is 7.48. The van der Waals surface area contributed by atoms with Crippen LogP contribution < -0.4 is 16.0 Å². The van der Waals surface area contributed by atoms with Crippen molar-refractivity contribution in [3.8, 4) is 11.5 Å². The number of nitrogens with one attached hydrogen (secondary N) is 1. The van der Waals surface area contributed by atoms with Crippen molar-refractivity contribution in [1.82, 2.24) is 10.3 Å². The molecule has 1 aliphatic heterocycles. The minimum Gasteiger partial charge on any atom is -0.436 e. The highest BCUT2D eigenvalue weighted by molar-refractivity contribution is 6.22. The van der Waals surface area contributed by atoms with Crippen molar-refractivity contribution < 1.29 is 14.0 Å². The van der Waals surface area contributed by atoms with E-state index in [2.05, 4.69) is 10.3 Å². The maximum atomic E-state index is 12.9. The summed E-state index contributed by atoms with van der Waals surface area (Å²) >= 11 is 0. The minimum atomic E-state index is -0.564. The van der Waals surface area contributed by atoms with E-state index in [1.807, 2.05) is 42.5 Å². The molecule has 1 unspecified atom stereocenters. The van der Waals surface area contributed by atoms with E-state index < -0.39 is 6.04 Å². The van der Waals surface area contributed by atoms with Crippen molar-refractivity contribution in [3.05, 3.63) is 78.4 Å². The molecule has 1 aliphatic rings. The van der Waals surface area contributed by atoms with Crippen LogP contribution in [0.2, 0.25) is 0 Å². The summed E-state index contributed by atoms with van der Waals surface area (Å²) in [7, 11) is 0. The number of nitrogen functional groups attached to an aromatic ring is 1. The maximum Gasteiger partial charge on any atom is 0.251 e. The third-order valence-electron chi connectivity index (χ3n) is 5.32. The molecule has 1 fully saturated rings. The van der Waals surface area contributed by atoms with Gasteiger partial charge in [-0.2, -0.15) is 0 Å². The van der Waals surface area contributed by atoms with E-state index in [0.29, 0.717) is 29.4 Å². The number of aromatic nitrogens is 1. The van der Waals surface area contributed by atoms with Gasteiger partial charge in [-0.3, -0.25) is 9.59 Å². The minimum absolute atomic E-state index is 0.119. The van der Waals surface area contributed by atoms with Crippen LogP contribution in [0.5, 0.6) is 0 Å². The summed E-state index contributed by atoms with van der Waals surface area (Å²) in [6.45, 7) is 0.458. The summed E-state index contributed by atoms with van der Waals surface area (Å²) in [4.78, 5) is 31.1. The summed E-state index contributed by atoms with van der Waals surface area (Å²) < 4.78 is 5.78. The first-order valence-electron chi connectivity index (χ1n) is 9.99. The Morgan fingerprint density at radius 3 is 2.61 bits per heavy atom. The molecular formula is C24H20N4O3. The molecule has 0 aliphatic carbocycles. The smallest absolute Gasteiger partial charge is 0.251 e. The summed E-state index contributed by atoms with van der Waals surface area (Å²) in [5.74, 6) is 0.00158. The number of nitrogens with zero attached hydrogens (tertiary/aromatic N) is 2. The normalized spacial score (nSPS) is 16.4. The van der Waals surface area contributed by atoms with Crippen molar-refractivity contribution in [2.75, 3.05) is 10.6 Å². The van der Waals surface area contributed by atoms with Gasteiger partial charge in [0.05, 0.1) is 18.2 Å². The molecule has 0 saturated carbocycles. The highest BCUT2D eigenvalue weighted by atomic mass is 16.3. The third kappa shape index (κ3) is 3.67. The van der Waals surface area contributed by atoms with E-state index in [4.69, 9.17) is 10.2 Å². The van der Waals surface area contributed by atoms with Crippen LogP contribution in [0.4, 0.5) is 11.4 Å². The number of carbonyl (C=O) groups excluding carboxylic acids is 2. The molecule has 2 amide bonds. The van der Waals surface area contributed by atoms with E-state index in [0.717, 1.165) is 16.6 Å². The fourth-order valence-corrected chi connectivity index (χ4v) is 3.76. The first-order valence-corrected chi connectivity index (χ1v) is 9.99. The Labute approximate surface area is 178 Å². The van der Waals surface area contributed by atoms with Crippen LogP contribution in [0.15, 0.2) is 77.2 Å². The zero-order valence-corrected chi connectivity index (χ0v) is 16.6. The number of amides is 2. The molecule has 0 spiro atoms. The van der Waals surface area contributed by atoms with Crippen LogP contribution in [0.3, 0.4) is 0 Å². The number of hydrogen-bond donors (Lipinski definition) is 2. The zero-order valence-electron chi connectivity index (χ0n) is 16.6. The molecule has 7 nitrogen and oxygen atoms in total. The van der Waals surface area contributed by atoms with E-state index in [9.17, 15) is 9.59 Å². The SMILES string of the molecule is Nc1cccc(CNC2CC(=O)N(c3ccc(-c4nc5ccccc5o4)cc3)C2=O)c1. The van der Waals surface area contributed by atoms with Crippen LogP contribution in [0, 0.1) is 0 Å². The summed E-state index contributed by atoms with van der Waals surface area (Å²) in [5.41, 5.74) is 10.2. The molecular weight excluding hydrogens is 392 g/mol. The van der Waals surface area contributed by atoms with Gasteiger partial charge in [-0.25, -0.2) is 9.88 Å². The lowest BCUT2D eigenvalue weighted by atomic mass is 10.1. The van der Waals surface area contributed by atoms with Gasteiger partial charge in [0, 0.05) is 17.8 Å². The molecule has 154 valence electrons. The monoisotopic (exact) mass is 412 g/mol. The van der Waals surface area contributed by atoms with Gasteiger partial charge in [-0.1, -0.05) is 24.3 Å². The molecule has 5 rings (SSSR count). The van der Waals surface area contributed by atoms with Crippen molar-refractivity contribution >= 4 is 34.3 Å². The van der Waals surface area contributed by atoms with Crippen LogP contribution in [-0.4, -0.2) is 22.8 Å². The number of fused-ring (bicyclic) bond motifs is 1. The summed E-state index contributed by atoms with van der Waals surface area (Å²) in [6.07, 6.45) is 0.119. The second-order valence-electron chi connectivity index (χ2n) is 7.48. The van der Waals surface area contributed by atoms with Gasteiger partial charge in [-0.15, -0.1) is 0 Å². The Kier molecular flexibility index (Phi) is 4.72. The molecule has 1 aromatic heterocycles. The Balaban J connectivity index is 1.31. The molecule has 2 heterocycles. The molecule has 3 N–H and O–H groups in total. The molecule has 0 bridgehead atoms. The number of benzene rings is 3. The van der Waals surface area contributed by atoms with Crippen molar-refractivity contribution in [2.45, 2.75) is 19.0 Å². The number of nitrogens with two attached hydrogens (primary N) is 1. The number of para-hydroxylation sites is 2. The van der Waals surface area contributed by atoms with Gasteiger partial charge in [0.15, 0.2) is 5.58 Å². The topological polar surface area (TPSA) is 101 Å². The van der Waals surface area contributed by atoms with E-state index >= 15 is 0 Å². The van der Waals surface area contributed by atoms with E-state index in [1.54, 1.807) is 30.3 Å². The van der Waals surface area contributed by atoms with Crippen LogP contribution in [0.25, 0.3) is 22.6 Å². The lowest BCUT2D eigenvalue weighted by Gasteiger charge is -2.16. The van der Waals surface area contributed by atoms with Gasteiger partial charge in [0.1, 0.15) is 5.52 Å². The molecule has 1 saturated heterocycles. The van der Waals surface area contributed by atoms with E-state index in [-0.39, 0.29) is 18.2 Å². The van der Waals surface area contributed by atoms with Crippen LogP contribution in [0.1, 0.15) is 12.0 Å². The summed E-state index contributed by atoms with van der Waals surface area (Å²) in [6, 6.07) is 21.5. The number of anilines is 2. The highest BCUT2D eigenvalue weighted by Crippen LogP contribution is 2.28. The molecule has 0 radical (unpaired) electrons. The Bertz CT molecular complexity index is 1250. The average Bonchev–Trinajstić information content (AvgIpc) is 3.33. The van der Waals surface area contributed by atoms with Gasteiger partial charge >= 0.3 is 0 Å². The average molecular weight is 412 g/mol. The molecule has 1 atom stereocenters. The summed E-state index contributed by atoms with van der Waals surface area (Å²) in [5, 5.41) is 3.16. The molecule has 7 heteroatoms. The number of hydrogen-bond acceptors (Lipinski definition) is 6. The number of rotatable bonds is 5. The van der Waals surface area contributed by atoms with Crippen molar-refractivity contribution in [1.29, 1.82) is 0 Å². The lowest BCUT2D eigenvalue weighted by molar-refractivity contribution is -0.121. The standard InChI is InChI=1S/C24H20N4O3/c25-17-5-3-4-15(12-17)14-26-20-13-22(29)28(24(20)30)18-10-8-16(9-11-18)23-27-19-6-1-2-7-21(19)31-23/h1-12,20,26H,13-14,25H2. The number of carbonyl (C=O) groups is 2. The Hall–Kier alpha value is -3.97. The highest BCUT2D eigenvalue weighted by Gasteiger charge is 2.39. The zero-order chi connectivity index (χ0) is 21.4. The molecule has 4 aromatic rings. The van der Waals surface area contributed by atoms with Crippen molar-refractivity contribution in [3.63, 3.8) is 0 Å². The third-order valence-corrected chi connectivity index (χ3v) is 5.32. The van der Waals surface area contributed by atoms with Crippen molar-refractivity contribution in [2.24, 2.45) is 0 Å². The predicted octanol–water partition coefficient (Wildman–Crippen LogP) is 3.50.